The number of hydrogen-bond donors (Lipinski definition) is 1. The number of carbonyl (C=O) groups is 1. The Morgan fingerprint density at radius 3 is 2.74 bits per heavy atom. The van der Waals surface area contributed by atoms with E-state index in [0.29, 0.717) is 13.0 Å². The number of likely N-dealkylation sites (tertiary alicyclic amines) is 1. The lowest BCUT2D eigenvalue weighted by Gasteiger charge is -2.29. The fourth-order valence-electron chi connectivity index (χ4n) is 2.79. The van der Waals surface area contributed by atoms with Crippen molar-refractivity contribution in [3.05, 3.63) is 42.0 Å². The van der Waals surface area contributed by atoms with Gasteiger partial charge in [0.05, 0.1) is 6.10 Å². The molecule has 1 saturated heterocycles. The van der Waals surface area contributed by atoms with Crippen molar-refractivity contribution >= 4 is 12.2 Å². The van der Waals surface area contributed by atoms with Crippen molar-refractivity contribution in [3.63, 3.8) is 0 Å². The zero-order valence-corrected chi connectivity index (χ0v) is 14.2. The first-order valence-electron chi connectivity index (χ1n) is 8.26. The van der Waals surface area contributed by atoms with Crippen molar-refractivity contribution in [1.29, 1.82) is 0 Å². The summed E-state index contributed by atoms with van der Waals surface area (Å²) in [7, 11) is 0. The van der Waals surface area contributed by atoms with E-state index in [4.69, 9.17) is 4.74 Å². The van der Waals surface area contributed by atoms with E-state index in [9.17, 15) is 9.90 Å². The van der Waals surface area contributed by atoms with Crippen LogP contribution in [-0.4, -0.2) is 40.4 Å². The summed E-state index contributed by atoms with van der Waals surface area (Å²) in [5, 5.41) is 10.2. The quantitative estimate of drug-likeness (QED) is 0.917. The Balaban J connectivity index is 1.90. The van der Waals surface area contributed by atoms with E-state index in [1.54, 1.807) is 11.0 Å². The molecule has 1 heterocycles. The van der Waals surface area contributed by atoms with Crippen LogP contribution in [0.15, 0.2) is 36.4 Å². The summed E-state index contributed by atoms with van der Waals surface area (Å²) < 4.78 is 5.45. The van der Waals surface area contributed by atoms with Crippen molar-refractivity contribution in [2.45, 2.75) is 57.8 Å². The fourth-order valence-corrected chi connectivity index (χ4v) is 2.79. The number of aliphatic hydroxyl groups is 1. The number of rotatable bonds is 4. The highest BCUT2D eigenvalue weighted by molar-refractivity contribution is 5.69. The van der Waals surface area contributed by atoms with Gasteiger partial charge in [-0.1, -0.05) is 42.5 Å². The van der Waals surface area contributed by atoms with Gasteiger partial charge >= 0.3 is 6.09 Å². The molecule has 0 aliphatic carbocycles. The zero-order valence-electron chi connectivity index (χ0n) is 14.2. The van der Waals surface area contributed by atoms with Gasteiger partial charge in [-0.3, -0.25) is 0 Å². The number of aliphatic hydroxyl groups excluding tert-OH is 1. The summed E-state index contributed by atoms with van der Waals surface area (Å²) >= 11 is 0. The van der Waals surface area contributed by atoms with Crippen molar-refractivity contribution in [3.8, 4) is 0 Å². The van der Waals surface area contributed by atoms with Crippen molar-refractivity contribution < 1.29 is 14.6 Å². The first kappa shape index (κ1) is 17.5. The van der Waals surface area contributed by atoms with Gasteiger partial charge < -0.3 is 14.7 Å². The summed E-state index contributed by atoms with van der Waals surface area (Å²) in [6.07, 6.45) is 5.28. The Morgan fingerprint density at radius 2 is 2.09 bits per heavy atom. The van der Waals surface area contributed by atoms with E-state index < -0.39 is 11.7 Å². The van der Waals surface area contributed by atoms with Gasteiger partial charge in [-0.2, -0.15) is 0 Å². The molecule has 0 spiro atoms. The summed E-state index contributed by atoms with van der Waals surface area (Å²) in [5.74, 6) is 0. The van der Waals surface area contributed by atoms with Crippen molar-refractivity contribution in [2.75, 3.05) is 6.54 Å². The molecule has 126 valence electrons. The van der Waals surface area contributed by atoms with Crippen molar-refractivity contribution in [1.82, 2.24) is 4.90 Å². The molecule has 2 atom stereocenters. The normalized spacial score (nSPS) is 20.0. The summed E-state index contributed by atoms with van der Waals surface area (Å²) in [4.78, 5) is 14.0. The third kappa shape index (κ3) is 5.71. The molecule has 0 aromatic heterocycles. The summed E-state index contributed by atoms with van der Waals surface area (Å²) in [6.45, 7) is 6.31. The maximum atomic E-state index is 12.2. The van der Waals surface area contributed by atoms with Gasteiger partial charge in [-0.05, 0) is 45.6 Å². The monoisotopic (exact) mass is 317 g/mol. The number of ether oxygens (including phenoxy) is 1. The highest BCUT2D eigenvalue weighted by Crippen LogP contribution is 2.24. The van der Waals surface area contributed by atoms with Gasteiger partial charge in [0.1, 0.15) is 5.60 Å². The first-order chi connectivity index (χ1) is 10.8. The Bertz CT molecular complexity index is 533. The highest BCUT2D eigenvalue weighted by atomic mass is 16.6. The molecule has 1 aromatic carbocycles. The molecule has 0 saturated carbocycles. The van der Waals surface area contributed by atoms with Crippen molar-refractivity contribution in [2.24, 2.45) is 0 Å². The third-order valence-corrected chi connectivity index (χ3v) is 3.83. The maximum Gasteiger partial charge on any atom is 0.410 e. The van der Waals surface area contributed by atoms with Gasteiger partial charge in [-0.25, -0.2) is 4.79 Å². The van der Waals surface area contributed by atoms with Gasteiger partial charge in [0.25, 0.3) is 0 Å². The largest absolute Gasteiger partial charge is 0.444 e. The van der Waals surface area contributed by atoms with E-state index in [1.165, 1.54) is 0 Å². The molecule has 1 aromatic rings. The molecule has 23 heavy (non-hydrogen) atoms. The number of amides is 1. The molecule has 2 rings (SSSR count). The lowest BCUT2D eigenvalue weighted by atomic mass is 10.1. The molecule has 1 fully saturated rings. The number of benzene rings is 1. The number of carbonyl (C=O) groups excluding carboxylic acids is 1. The maximum absolute atomic E-state index is 12.2. The summed E-state index contributed by atoms with van der Waals surface area (Å²) in [5.41, 5.74) is 0.567. The Morgan fingerprint density at radius 1 is 1.39 bits per heavy atom. The molecule has 1 amide bonds. The number of hydrogen-bond acceptors (Lipinski definition) is 3. The predicted molar refractivity (Wildman–Crippen MR) is 92.1 cm³/mol. The molecule has 1 aliphatic rings. The van der Waals surface area contributed by atoms with Gasteiger partial charge in [-0.15, -0.1) is 0 Å². The third-order valence-electron chi connectivity index (χ3n) is 3.83. The minimum Gasteiger partial charge on any atom is -0.444 e. The van der Waals surface area contributed by atoms with E-state index in [1.807, 2.05) is 57.2 Å². The van der Waals surface area contributed by atoms with Crippen LogP contribution < -0.4 is 0 Å². The molecule has 4 heteroatoms. The van der Waals surface area contributed by atoms with E-state index in [2.05, 4.69) is 0 Å². The molecule has 0 bridgehead atoms. The van der Waals surface area contributed by atoms with Crippen LogP contribution in [0, 0.1) is 0 Å². The predicted octanol–water partition coefficient (Wildman–Crippen LogP) is 3.85. The van der Waals surface area contributed by atoms with Crippen LogP contribution in [0.3, 0.4) is 0 Å². The van der Waals surface area contributed by atoms with Crippen LogP contribution >= 0.6 is 0 Å². The van der Waals surface area contributed by atoms with E-state index >= 15 is 0 Å². The molecular formula is C19H27NO3. The van der Waals surface area contributed by atoms with Crippen LogP contribution in [0.2, 0.25) is 0 Å². The van der Waals surface area contributed by atoms with Gasteiger partial charge in [0.15, 0.2) is 0 Å². The average Bonchev–Trinajstić information content (AvgIpc) is 2.93. The van der Waals surface area contributed by atoms with Crippen LogP contribution in [-0.2, 0) is 4.74 Å². The average molecular weight is 317 g/mol. The molecular weight excluding hydrogens is 290 g/mol. The number of nitrogens with zero attached hydrogens (tertiary/aromatic N) is 1. The Hall–Kier alpha value is -1.81. The van der Waals surface area contributed by atoms with Crippen LogP contribution in [0.1, 0.15) is 45.6 Å². The standard InChI is InChI=1S/C19H27NO3/c1-19(2,3)23-18(22)20-13-7-10-16(20)14-17(21)12-11-15-8-5-4-6-9-15/h4-6,8-9,11-12,16-17,21H,7,10,13-14H2,1-3H3/b12-11+/t16-,17+/m0/s1. The van der Waals surface area contributed by atoms with E-state index in [-0.39, 0.29) is 12.1 Å². The van der Waals surface area contributed by atoms with Crippen LogP contribution in [0.5, 0.6) is 0 Å². The Kier molecular flexibility index (Phi) is 5.83. The first-order valence-corrected chi connectivity index (χ1v) is 8.26. The topological polar surface area (TPSA) is 49.8 Å². The van der Waals surface area contributed by atoms with Gasteiger partial charge in [0, 0.05) is 12.6 Å². The van der Waals surface area contributed by atoms with Gasteiger partial charge in [0.2, 0.25) is 0 Å². The SMILES string of the molecule is CC(C)(C)OC(=O)N1CCC[C@H]1C[C@H](O)/C=C/c1ccccc1. The summed E-state index contributed by atoms with van der Waals surface area (Å²) in [6, 6.07) is 9.92. The second-order valence-electron chi connectivity index (χ2n) is 7.04. The lowest BCUT2D eigenvalue weighted by molar-refractivity contribution is 0.0195. The van der Waals surface area contributed by atoms with Crippen LogP contribution in [0.4, 0.5) is 4.79 Å². The lowest BCUT2D eigenvalue weighted by Crippen LogP contribution is -2.40. The zero-order chi connectivity index (χ0) is 16.9. The molecule has 0 unspecified atom stereocenters. The minimum absolute atomic E-state index is 0.0419. The highest BCUT2D eigenvalue weighted by Gasteiger charge is 2.32. The molecule has 1 N–H and O–H groups in total. The molecule has 0 radical (unpaired) electrons. The molecule has 1 aliphatic heterocycles. The Labute approximate surface area is 138 Å². The fraction of sp³-hybridized carbons (Fsp3) is 0.526. The minimum atomic E-state index is -0.566. The van der Waals surface area contributed by atoms with Crippen LogP contribution in [0.25, 0.3) is 6.08 Å². The second kappa shape index (κ2) is 7.64. The molecule has 4 nitrogen and oxygen atoms in total. The smallest absolute Gasteiger partial charge is 0.410 e. The second-order valence-corrected chi connectivity index (χ2v) is 7.04. The van der Waals surface area contributed by atoms with E-state index in [0.717, 1.165) is 18.4 Å².